The molecule has 1 saturated heterocycles. The Labute approximate surface area is 184 Å². The summed E-state index contributed by atoms with van der Waals surface area (Å²) in [6, 6.07) is 5.70. The molecule has 1 aromatic carbocycles. The summed E-state index contributed by atoms with van der Waals surface area (Å²) in [6.07, 6.45) is 3.81. The van der Waals surface area contributed by atoms with Crippen LogP contribution in [0.3, 0.4) is 0 Å². The molecule has 0 atom stereocenters. The maximum Gasteiger partial charge on any atom is 0.244 e. The number of carbonyl (C=O) groups excluding carboxylic acids is 1. The first-order valence-corrected chi connectivity index (χ1v) is 11.1. The normalized spacial score (nSPS) is 16.2. The van der Waals surface area contributed by atoms with Gasteiger partial charge in [0.25, 0.3) is 0 Å². The fourth-order valence-corrected chi connectivity index (χ4v) is 3.36. The third-order valence-electron chi connectivity index (χ3n) is 5.03. The van der Waals surface area contributed by atoms with Crippen LogP contribution in [0.2, 0.25) is 0 Å². The van der Waals surface area contributed by atoms with Crippen LogP contribution in [0, 0.1) is 0 Å². The van der Waals surface area contributed by atoms with Gasteiger partial charge in [-0.05, 0) is 31.4 Å². The quantitative estimate of drug-likeness (QED) is 0.330. The highest BCUT2D eigenvalue weighted by Crippen LogP contribution is 2.32. The zero-order valence-electron chi connectivity index (χ0n) is 18.4. The van der Waals surface area contributed by atoms with Gasteiger partial charge in [0.1, 0.15) is 6.54 Å². The molecule has 0 saturated carbocycles. The van der Waals surface area contributed by atoms with Crippen molar-refractivity contribution in [3.63, 3.8) is 0 Å². The molecule has 3 rings (SSSR count). The average Bonchev–Trinajstić information content (AvgIpc) is 3.22. The molecule has 9 nitrogen and oxygen atoms in total. The second-order valence-electron chi connectivity index (χ2n) is 7.48. The molecule has 0 radical (unpaired) electrons. The van der Waals surface area contributed by atoms with Crippen molar-refractivity contribution in [1.82, 2.24) is 10.2 Å². The number of rotatable bonds is 10. The summed E-state index contributed by atoms with van der Waals surface area (Å²) >= 11 is 0. The molecule has 2 N–H and O–H groups in total. The fourth-order valence-electron chi connectivity index (χ4n) is 3.36. The number of aliphatic imine (C=N–C) groups is 1. The van der Waals surface area contributed by atoms with Crippen LogP contribution < -0.4 is 20.1 Å². The van der Waals surface area contributed by atoms with Gasteiger partial charge >= 0.3 is 0 Å². The highest BCUT2D eigenvalue weighted by molar-refractivity contribution is 5.95. The number of ether oxygens (including phenoxy) is 4. The second kappa shape index (κ2) is 13.0. The summed E-state index contributed by atoms with van der Waals surface area (Å²) in [5.41, 5.74) is 0.820. The summed E-state index contributed by atoms with van der Waals surface area (Å²) in [5.74, 6) is 2.06. The molecule has 2 heterocycles. The smallest absolute Gasteiger partial charge is 0.244 e. The molecule has 2 aliphatic heterocycles. The van der Waals surface area contributed by atoms with E-state index in [1.165, 1.54) is 0 Å². The van der Waals surface area contributed by atoms with E-state index in [1.807, 2.05) is 23.1 Å². The minimum absolute atomic E-state index is 0.0557. The average molecular weight is 435 g/mol. The van der Waals surface area contributed by atoms with Crippen molar-refractivity contribution in [3.8, 4) is 11.5 Å². The topological polar surface area (TPSA) is 93.7 Å². The molecular weight excluding hydrogens is 400 g/mol. The molecule has 1 amide bonds. The maximum absolute atomic E-state index is 12.4. The van der Waals surface area contributed by atoms with E-state index in [4.69, 9.17) is 18.9 Å². The number of anilines is 1. The summed E-state index contributed by atoms with van der Waals surface area (Å²) in [5, 5.41) is 6.56. The van der Waals surface area contributed by atoms with Crippen molar-refractivity contribution >= 4 is 17.6 Å². The Hall–Kier alpha value is -2.52. The lowest BCUT2D eigenvalue weighted by molar-refractivity contribution is -0.128. The summed E-state index contributed by atoms with van der Waals surface area (Å²) in [6.45, 7) is 5.51. The number of amides is 1. The zero-order chi connectivity index (χ0) is 21.7. The molecule has 0 aliphatic carbocycles. The van der Waals surface area contributed by atoms with Gasteiger partial charge < -0.3 is 34.5 Å². The van der Waals surface area contributed by atoms with E-state index in [2.05, 4.69) is 15.6 Å². The molecule has 9 heteroatoms. The zero-order valence-corrected chi connectivity index (χ0v) is 18.4. The van der Waals surface area contributed by atoms with Crippen molar-refractivity contribution in [2.45, 2.75) is 25.7 Å². The predicted octanol–water partition coefficient (Wildman–Crippen LogP) is 1.88. The number of nitrogens with zero attached hydrogens (tertiary/aromatic N) is 2. The van der Waals surface area contributed by atoms with E-state index in [-0.39, 0.29) is 12.5 Å². The van der Waals surface area contributed by atoms with Crippen LogP contribution in [0.15, 0.2) is 23.2 Å². The molecule has 1 fully saturated rings. The Bertz CT molecular complexity index is 722. The van der Waals surface area contributed by atoms with Crippen LogP contribution in [0.4, 0.5) is 5.69 Å². The van der Waals surface area contributed by atoms with E-state index in [9.17, 15) is 4.79 Å². The number of hydrogen-bond acceptors (Lipinski definition) is 6. The number of nitrogens with one attached hydrogen (secondary N) is 2. The lowest BCUT2D eigenvalue weighted by atomic mass is 10.2. The summed E-state index contributed by atoms with van der Waals surface area (Å²) < 4.78 is 21.9. The number of guanidine groups is 1. The van der Waals surface area contributed by atoms with Crippen molar-refractivity contribution < 1.29 is 23.7 Å². The van der Waals surface area contributed by atoms with Crippen molar-refractivity contribution in [2.24, 2.45) is 4.99 Å². The number of likely N-dealkylation sites (tertiary alicyclic amines) is 1. The van der Waals surface area contributed by atoms with Gasteiger partial charge in [0.05, 0.1) is 26.4 Å². The first-order chi connectivity index (χ1) is 15.3. The van der Waals surface area contributed by atoms with Gasteiger partial charge in [-0.15, -0.1) is 0 Å². The van der Waals surface area contributed by atoms with Gasteiger partial charge in [-0.25, -0.2) is 4.99 Å². The van der Waals surface area contributed by atoms with Crippen molar-refractivity contribution in [1.29, 1.82) is 0 Å². The third-order valence-corrected chi connectivity index (χ3v) is 5.03. The van der Waals surface area contributed by atoms with E-state index >= 15 is 0 Å². The Morgan fingerprint density at radius 1 is 1.10 bits per heavy atom. The van der Waals surface area contributed by atoms with Crippen LogP contribution in [0.25, 0.3) is 0 Å². The monoisotopic (exact) mass is 434 g/mol. The van der Waals surface area contributed by atoms with Crippen LogP contribution in [0.1, 0.15) is 25.7 Å². The largest absolute Gasteiger partial charge is 0.490 e. The molecule has 2 aliphatic rings. The van der Waals surface area contributed by atoms with Crippen molar-refractivity contribution in [2.75, 3.05) is 71.6 Å². The highest BCUT2D eigenvalue weighted by atomic mass is 16.5. The lowest BCUT2D eigenvalue weighted by Crippen LogP contribution is -2.35. The Morgan fingerprint density at radius 3 is 2.71 bits per heavy atom. The Kier molecular flexibility index (Phi) is 9.72. The van der Waals surface area contributed by atoms with Gasteiger partial charge in [0.2, 0.25) is 5.91 Å². The highest BCUT2D eigenvalue weighted by Gasteiger charge is 2.17. The maximum atomic E-state index is 12.4. The summed E-state index contributed by atoms with van der Waals surface area (Å²) in [4.78, 5) is 18.8. The van der Waals surface area contributed by atoms with Gasteiger partial charge in [0.15, 0.2) is 17.5 Å². The number of carbonyl (C=O) groups is 1. The number of hydrogen-bond donors (Lipinski definition) is 2. The third kappa shape index (κ3) is 7.91. The van der Waals surface area contributed by atoms with Crippen LogP contribution in [-0.2, 0) is 14.3 Å². The molecular formula is C22H34N4O5. The molecule has 0 aromatic heterocycles. The minimum atomic E-state index is 0.0557. The van der Waals surface area contributed by atoms with Crippen LogP contribution >= 0.6 is 0 Å². The van der Waals surface area contributed by atoms with Gasteiger partial charge in [-0.1, -0.05) is 0 Å². The van der Waals surface area contributed by atoms with Gasteiger partial charge in [0, 0.05) is 51.5 Å². The van der Waals surface area contributed by atoms with Crippen molar-refractivity contribution in [3.05, 3.63) is 18.2 Å². The van der Waals surface area contributed by atoms with E-state index in [1.54, 1.807) is 7.11 Å². The molecule has 1 aromatic rings. The first-order valence-electron chi connectivity index (χ1n) is 11.1. The van der Waals surface area contributed by atoms with Gasteiger partial charge in [-0.3, -0.25) is 4.79 Å². The van der Waals surface area contributed by atoms with E-state index < -0.39 is 0 Å². The SMILES string of the molecule is COCCOCCCNC(=NCC(=O)N1CCCC1)Nc1ccc2c(c1)OCCCO2. The second-order valence-corrected chi connectivity index (χ2v) is 7.48. The van der Waals surface area contributed by atoms with Crippen LogP contribution in [-0.4, -0.2) is 83.1 Å². The van der Waals surface area contributed by atoms with Gasteiger partial charge in [-0.2, -0.15) is 0 Å². The predicted molar refractivity (Wildman–Crippen MR) is 119 cm³/mol. The standard InChI is InChI=1S/C22H34N4O5/c1-28-14-15-29-11-4-8-23-22(24-17-21(27)26-9-2-3-10-26)25-18-6-7-19-20(16-18)31-13-5-12-30-19/h6-7,16H,2-5,8-15,17H2,1H3,(H2,23,24,25). The fraction of sp³-hybridized carbons (Fsp3) is 0.636. The lowest BCUT2D eigenvalue weighted by Gasteiger charge is -2.16. The Morgan fingerprint density at radius 2 is 1.90 bits per heavy atom. The summed E-state index contributed by atoms with van der Waals surface area (Å²) in [7, 11) is 1.66. The number of methoxy groups -OCH3 is 1. The first kappa shape index (κ1) is 23.1. The number of fused-ring (bicyclic) bond motifs is 1. The van der Waals surface area contributed by atoms with E-state index in [0.29, 0.717) is 51.3 Å². The van der Waals surface area contributed by atoms with Crippen LogP contribution in [0.5, 0.6) is 11.5 Å². The molecule has 172 valence electrons. The molecule has 0 spiro atoms. The minimum Gasteiger partial charge on any atom is -0.490 e. The molecule has 31 heavy (non-hydrogen) atoms. The number of benzene rings is 1. The molecule has 0 bridgehead atoms. The molecule has 0 unspecified atom stereocenters. The van der Waals surface area contributed by atoms with E-state index in [0.717, 1.165) is 50.2 Å². The Balaban J connectivity index is 1.57.